The van der Waals surface area contributed by atoms with E-state index in [1.54, 1.807) is 7.11 Å². The molecule has 1 saturated heterocycles. The van der Waals surface area contributed by atoms with Gasteiger partial charge in [-0.3, -0.25) is 4.79 Å². The van der Waals surface area contributed by atoms with Crippen LogP contribution < -0.4 is 0 Å². The Hall–Kier alpha value is -0.650. The number of esters is 1. The van der Waals surface area contributed by atoms with E-state index in [-0.39, 0.29) is 30.2 Å². The summed E-state index contributed by atoms with van der Waals surface area (Å²) in [5.41, 5.74) is -0.306. The summed E-state index contributed by atoms with van der Waals surface area (Å²) in [4.78, 5) is 11.3. The lowest BCUT2D eigenvalue weighted by Crippen LogP contribution is -2.34. The maximum Gasteiger partial charge on any atom is 0.308 e. The van der Waals surface area contributed by atoms with Gasteiger partial charge in [-0.05, 0) is 32.1 Å². The topological polar surface area (TPSA) is 65.0 Å². The highest BCUT2D eigenvalue weighted by molar-refractivity contribution is 5.69. The minimum Gasteiger partial charge on any atom is -0.469 e. The molecule has 124 valence electrons. The molecule has 0 aromatic carbocycles. The van der Waals surface area contributed by atoms with Gasteiger partial charge < -0.3 is 19.3 Å². The van der Waals surface area contributed by atoms with Crippen molar-refractivity contribution in [3.8, 4) is 0 Å². The monoisotopic (exact) mass is 302 g/mol. The molecule has 5 atom stereocenters. The molecule has 0 aromatic heterocycles. The van der Waals surface area contributed by atoms with Crippen molar-refractivity contribution in [3.63, 3.8) is 0 Å². The Morgan fingerprint density at radius 2 is 2.10 bits per heavy atom. The Bertz CT molecular complexity index is 319. The minimum atomic E-state index is -0.690. The zero-order valence-corrected chi connectivity index (χ0v) is 13.9. The maximum atomic E-state index is 11.3. The van der Waals surface area contributed by atoms with E-state index < -0.39 is 6.10 Å². The van der Waals surface area contributed by atoms with E-state index in [9.17, 15) is 9.90 Å². The first-order chi connectivity index (χ1) is 9.88. The maximum absolute atomic E-state index is 11.3. The van der Waals surface area contributed by atoms with Gasteiger partial charge >= 0.3 is 5.97 Å². The van der Waals surface area contributed by atoms with E-state index in [4.69, 9.17) is 9.47 Å². The van der Waals surface area contributed by atoms with Crippen LogP contribution in [0, 0.1) is 11.8 Å². The number of ether oxygens (including phenoxy) is 3. The van der Waals surface area contributed by atoms with E-state index >= 15 is 0 Å². The molecule has 1 rings (SSSR count). The Balaban J connectivity index is 2.65. The number of methoxy groups -OCH3 is 2. The summed E-state index contributed by atoms with van der Waals surface area (Å²) in [7, 11) is 3.01. The van der Waals surface area contributed by atoms with E-state index in [1.165, 1.54) is 7.11 Å². The van der Waals surface area contributed by atoms with Gasteiger partial charge in [0, 0.05) is 13.0 Å². The zero-order chi connectivity index (χ0) is 16.0. The Morgan fingerprint density at radius 1 is 1.43 bits per heavy atom. The summed E-state index contributed by atoms with van der Waals surface area (Å²) < 4.78 is 16.1. The van der Waals surface area contributed by atoms with Crippen LogP contribution in [-0.2, 0) is 19.0 Å². The van der Waals surface area contributed by atoms with Gasteiger partial charge in [0.05, 0.1) is 25.2 Å². The molecule has 0 amide bonds. The highest BCUT2D eigenvalue weighted by Crippen LogP contribution is 2.42. The average molecular weight is 302 g/mol. The highest BCUT2D eigenvalue weighted by atomic mass is 16.7. The summed E-state index contributed by atoms with van der Waals surface area (Å²) >= 11 is 0. The number of carbonyl (C=O) groups excluding carboxylic acids is 1. The van der Waals surface area contributed by atoms with Crippen LogP contribution >= 0.6 is 0 Å². The highest BCUT2D eigenvalue weighted by Gasteiger charge is 2.44. The lowest BCUT2D eigenvalue weighted by atomic mass is 9.82. The van der Waals surface area contributed by atoms with Crippen molar-refractivity contribution in [2.75, 3.05) is 14.2 Å². The van der Waals surface area contributed by atoms with Gasteiger partial charge in [-0.25, -0.2) is 0 Å². The van der Waals surface area contributed by atoms with Crippen LogP contribution in [0.25, 0.3) is 0 Å². The predicted octanol–water partition coefficient (Wildman–Crippen LogP) is 2.50. The van der Waals surface area contributed by atoms with E-state index in [2.05, 4.69) is 18.6 Å². The molecular formula is C16H30O5. The average Bonchev–Trinajstić information content (AvgIpc) is 2.81. The summed E-state index contributed by atoms with van der Waals surface area (Å²) in [5.74, 6) is 0.0251. The third-order valence-electron chi connectivity index (χ3n) is 4.60. The first kappa shape index (κ1) is 18.4. The van der Waals surface area contributed by atoms with Gasteiger partial charge in [-0.2, -0.15) is 0 Å². The molecular weight excluding hydrogens is 272 g/mol. The van der Waals surface area contributed by atoms with Crippen LogP contribution in [-0.4, -0.2) is 43.3 Å². The van der Waals surface area contributed by atoms with Crippen molar-refractivity contribution in [1.82, 2.24) is 0 Å². The van der Waals surface area contributed by atoms with Crippen molar-refractivity contribution in [2.24, 2.45) is 11.8 Å². The largest absolute Gasteiger partial charge is 0.469 e. The van der Waals surface area contributed by atoms with Gasteiger partial charge in [0.25, 0.3) is 0 Å². The van der Waals surface area contributed by atoms with E-state index in [1.807, 2.05) is 6.92 Å². The van der Waals surface area contributed by atoms with Crippen molar-refractivity contribution in [2.45, 2.75) is 70.9 Å². The molecule has 1 aliphatic heterocycles. The molecule has 1 aliphatic rings. The second-order valence-corrected chi connectivity index (χ2v) is 6.26. The molecule has 21 heavy (non-hydrogen) atoms. The van der Waals surface area contributed by atoms with Crippen LogP contribution in [0.3, 0.4) is 0 Å². The molecule has 0 aromatic rings. The number of aliphatic hydroxyl groups is 1. The van der Waals surface area contributed by atoms with Gasteiger partial charge in [0.2, 0.25) is 0 Å². The molecule has 1 N–H and O–H groups in total. The van der Waals surface area contributed by atoms with Crippen LogP contribution in [0.2, 0.25) is 0 Å². The second kappa shape index (κ2) is 8.11. The van der Waals surface area contributed by atoms with Crippen LogP contribution in [0.1, 0.15) is 52.9 Å². The third kappa shape index (κ3) is 4.94. The van der Waals surface area contributed by atoms with Gasteiger partial charge in [0.15, 0.2) is 6.29 Å². The van der Waals surface area contributed by atoms with E-state index in [0.29, 0.717) is 5.92 Å². The molecule has 0 bridgehead atoms. The number of aliphatic hydroxyl groups excluding tert-OH is 1. The molecule has 1 heterocycles. The SMILES string of the molecule is CC[C@@H]1C[C@@](C)(C[C@@H](CC)[C@H](O)CC(=O)OC)O[C@H]1OC. The van der Waals surface area contributed by atoms with Crippen LogP contribution in [0.4, 0.5) is 0 Å². The summed E-state index contributed by atoms with van der Waals surface area (Å²) in [6, 6.07) is 0. The Morgan fingerprint density at radius 3 is 2.52 bits per heavy atom. The molecule has 0 unspecified atom stereocenters. The van der Waals surface area contributed by atoms with Crippen molar-refractivity contribution >= 4 is 5.97 Å². The molecule has 0 aliphatic carbocycles. The Labute approximate surface area is 128 Å². The fraction of sp³-hybridized carbons (Fsp3) is 0.938. The van der Waals surface area contributed by atoms with Gasteiger partial charge in [0.1, 0.15) is 0 Å². The normalized spacial score (nSPS) is 31.9. The fourth-order valence-corrected chi connectivity index (χ4v) is 3.31. The molecule has 0 saturated carbocycles. The summed E-state index contributed by atoms with van der Waals surface area (Å²) in [6.45, 7) is 6.23. The molecule has 5 nitrogen and oxygen atoms in total. The number of carbonyl (C=O) groups is 1. The van der Waals surface area contributed by atoms with E-state index in [0.717, 1.165) is 25.7 Å². The van der Waals surface area contributed by atoms with Crippen molar-refractivity contribution in [3.05, 3.63) is 0 Å². The van der Waals surface area contributed by atoms with Crippen LogP contribution in [0.5, 0.6) is 0 Å². The first-order valence-corrected chi connectivity index (χ1v) is 7.84. The minimum absolute atomic E-state index is 0.0159. The number of hydrogen-bond acceptors (Lipinski definition) is 5. The molecule has 0 spiro atoms. The quantitative estimate of drug-likeness (QED) is 0.698. The third-order valence-corrected chi connectivity index (χ3v) is 4.60. The molecule has 0 radical (unpaired) electrons. The lowest BCUT2D eigenvalue weighted by Gasteiger charge is -2.31. The fourth-order valence-electron chi connectivity index (χ4n) is 3.31. The lowest BCUT2D eigenvalue weighted by molar-refractivity contribution is -0.169. The zero-order valence-electron chi connectivity index (χ0n) is 13.9. The first-order valence-electron chi connectivity index (χ1n) is 7.84. The number of rotatable bonds is 8. The Kier molecular flexibility index (Phi) is 7.10. The van der Waals surface area contributed by atoms with Gasteiger partial charge in [-0.1, -0.05) is 20.3 Å². The van der Waals surface area contributed by atoms with Gasteiger partial charge in [-0.15, -0.1) is 0 Å². The second-order valence-electron chi connectivity index (χ2n) is 6.26. The van der Waals surface area contributed by atoms with Crippen molar-refractivity contribution < 1.29 is 24.1 Å². The van der Waals surface area contributed by atoms with Crippen molar-refractivity contribution in [1.29, 1.82) is 0 Å². The standard InChI is InChI=1S/C16H30O5/c1-6-11(13(17)8-14(18)19-4)9-16(3)10-12(7-2)15(20-5)21-16/h11-13,15,17H,6-10H2,1-5H3/t11-,12-,13-,15-,16-/m1/s1. The smallest absolute Gasteiger partial charge is 0.308 e. The predicted molar refractivity (Wildman–Crippen MR) is 79.7 cm³/mol. The number of hydrogen-bond donors (Lipinski definition) is 1. The molecule has 5 heteroatoms. The molecule has 1 fully saturated rings. The summed E-state index contributed by atoms with van der Waals surface area (Å²) in [6.07, 6.45) is 2.62. The van der Waals surface area contributed by atoms with Crippen LogP contribution in [0.15, 0.2) is 0 Å². The summed E-state index contributed by atoms with van der Waals surface area (Å²) in [5, 5.41) is 10.2.